The summed E-state index contributed by atoms with van der Waals surface area (Å²) >= 11 is 0. The number of rotatable bonds is 8. The molecule has 1 saturated heterocycles. The van der Waals surface area contributed by atoms with Crippen molar-refractivity contribution in [2.24, 2.45) is 4.99 Å². The second-order valence-corrected chi connectivity index (χ2v) is 8.73. The number of amides is 2. The zero-order valence-corrected chi connectivity index (χ0v) is 21.5. The number of nitrogens with zero attached hydrogens (tertiary/aromatic N) is 3. The van der Waals surface area contributed by atoms with E-state index in [-0.39, 0.29) is 29.8 Å². The van der Waals surface area contributed by atoms with Crippen molar-refractivity contribution in [2.45, 2.75) is 32.6 Å². The van der Waals surface area contributed by atoms with Gasteiger partial charge in [0.2, 0.25) is 5.91 Å². The summed E-state index contributed by atoms with van der Waals surface area (Å²) in [5, 5.41) is 3.20. The van der Waals surface area contributed by atoms with Gasteiger partial charge in [-0.25, -0.2) is 4.79 Å². The van der Waals surface area contributed by atoms with Crippen LogP contribution in [-0.2, 0) is 19.1 Å². The zero-order valence-electron chi connectivity index (χ0n) is 21.5. The summed E-state index contributed by atoms with van der Waals surface area (Å²) in [6, 6.07) is 14.6. The van der Waals surface area contributed by atoms with Crippen molar-refractivity contribution in [1.29, 1.82) is 0 Å². The van der Waals surface area contributed by atoms with Gasteiger partial charge in [-0.2, -0.15) is 0 Å². The monoisotopic (exact) mass is 504 g/mol. The molecule has 2 amide bonds. The summed E-state index contributed by atoms with van der Waals surface area (Å²) in [7, 11) is 3.10. The Hall–Kier alpha value is -4.14. The Morgan fingerprint density at radius 3 is 2.22 bits per heavy atom. The zero-order chi connectivity index (χ0) is 26.4. The van der Waals surface area contributed by atoms with Crippen molar-refractivity contribution in [3.05, 3.63) is 59.8 Å². The molecule has 1 fully saturated rings. The average molecular weight is 505 g/mol. The van der Waals surface area contributed by atoms with Crippen molar-refractivity contribution < 1.29 is 23.9 Å². The third-order valence-corrected chi connectivity index (χ3v) is 6.48. The summed E-state index contributed by atoms with van der Waals surface area (Å²) in [4.78, 5) is 46.4. The third kappa shape index (κ3) is 5.66. The molecule has 9 nitrogen and oxygen atoms in total. The highest BCUT2D eigenvalue weighted by molar-refractivity contribution is 6.44. The number of hydrogen-bond donors (Lipinski definition) is 1. The average Bonchev–Trinajstić information content (AvgIpc) is 2.92. The van der Waals surface area contributed by atoms with Gasteiger partial charge in [0.05, 0.1) is 13.7 Å². The maximum Gasteiger partial charge on any atom is 0.356 e. The molecular weight excluding hydrogens is 472 g/mol. The predicted molar refractivity (Wildman–Crippen MR) is 143 cm³/mol. The van der Waals surface area contributed by atoms with Gasteiger partial charge in [-0.15, -0.1) is 0 Å². The van der Waals surface area contributed by atoms with Crippen LogP contribution in [0.3, 0.4) is 0 Å². The number of nitrogens with one attached hydrogen (secondary N) is 1. The van der Waals surface area contributed by atoms with Gasteiger partial charge in [0.25, 0.3) is 5.91 Å². The van der Waals surface area contributed by atoms with Gasteiger partial charge in [0, 0.05) is 49.2 Å². The number of esters is 1. The molecule has 0 radical (unpaired) electrons. The number of carbonyl (C=O) groups excluding carboxylic acids is 3. The fraction of sp³-hybridized carbons (Fsp3) is 0.357. The lowest BCUT2D eigenvalue weighted by atomic mass is 9.98. The molecule has 0 bridgehead atoms. The maximum absolute atomic E-state index is 13.8. The van der Waals surface area contributed by atoms with E-state index in [0.29, 0.717) is 48.6 Å². The van der Waals surface area contributed by atoms with Crippen molar-refractivity contribution in [1.82, 2.24) is 0 Å². The number of aliphatic imine (C=N–C) groups is 1. The molecule has 2 aliphatic heterocycles. The number of carbonyl (C=O) groups is 3. The topological polar surface area (TPSA) is 101 Å². The van der Waals surface area contributed by atoms with Crippen LogP contribution in [0.25, 0.3) is 0 Å². The standard InChI is InChI=1S/C28H32N4O5/c1-4-37-28(35)26(29-2)23-16-18-32(27(34)25(23)30-19-8-14-22(36-3)15-9-19)21-12-10-20(11-13-21)31-17-6-5-7-24(31)33/h8-15,30H,4-7,16-18H2,1-3H3/b29-26+. The first-order chi connectivity index (χ1) is 18.0. The number of piperidine rings is 1. The number of methoxy groups -OCH3 is 1. The van der Waals surface area contributed by atoms with E-state index in [1.807, 2.05) is 24.3 Å². The Morgan fingerprint density at radius 2 is 1.62 bits per heavy atom. The van der Waals surface area contributed by atoms with Crippen LogP contribution in [0, 0.1) is 0 Å². The predicted octanol–water partition coefficient (Wildman–Crippen LogP) is 3.95. The SMILES string of the molecule is CCOC(=O)/C(=N/C)C1=C(Nc2ccc(OC)cc2)C(=O)N(c2ccc(N3CCCCC3=O)cc2)CC1. The second kappa shape index (κ2) is 11.7. The molecule has 9 heteroatoms. The third-order valence-electron chi connectivity index (χ3n) is 6.48. The lowest BCUT2D eigenvalue weighted by Gasteiger charge is -2.32. The Morgan fingerprint density at radius 1 is 0.946 bits per heavy atom. The Balaban J connectivity index is 1.66. The van der Waals surface area contributed by atoms with E-state index in [1.54, 1.807) is 48.1 Å². The molecule has 0 saturated carbocycles. The fourth-order valence-electron chi connectivity index (χ4n) is 4.59. The summed E-state index contributed by atoms with van der Waals surface area (Å²) in [6.07, 6.45) is 2.86. The van der Waals surface area contributed by atoms with E-state index in [4.69, 9.17) is 9.47 Å². The van der Waals surface area contributed by atoms with Gasteiger partial charge >= 0.3 is 5.97 Å². The summed E-state index contributed by atoms with van der Waals surface area (Å²) in [5.74, 6) is -0.0435. The molecule has 0 aromatic heterocycles. The Bertz CT molecular complexity index is 1220. The van der Waals surface area contributed by atoms with Crippen molar-refractivity contribution in [2.75, 3.05) is 49.0 Å². The molecule has 2 heterocycles. The molecular formula is C28H32N4O5. The van der Waals surface area contributed by atoms with Gasteiger partial charge in [-0.3, -0.25) is 14.6 Å². The van der Waals surface area contributed by atoms with Crippen molar-refractivity contribution >= 4 is 40.6 Å². The minimum atomic E-state index is -0.564. The largest absolute Gasteiger partial charge is 0.497 e. The fourth-order valence-corrected chi connectivity index (χ4v) is 4.59. The molecule has 0 unspecified atom stereocenters. The van der Waals surface area contributed by atoms with Crippen LogP contribution in [-0.4, -0.2) is 57.3 Å². The highest BCUT2D eigenvalue weighted by Gasteiger charge is 2.33. The molecule has 194 valence electrons. The van der Waals surface area contributed by atoms with Gasteiger partial charge in [-0.1, -0.05) is 0 Å². The van der Waals surface area contributed by atoms with E-state index in [1.165, 1.54) is 7.05 Å². The van der Waals surface area contributed by atoms with Crippen LogP contribution in [0.1, 0.15) is 32.6 Å². The van der Waals surface area contributed by atoms with Crippen molar-refractivity contribution in [3.8, 4) is 5.75 Å². The number of benzene rings is 2. The number of hydrogen-bond acceptors (Lipinski definition) is 7. The molecule has 2 aliphatic rings. The van der Waals surface area contributed by atoms with Crippen LogP contribution in [0.4, 0.5) is 17.1 Å². The smallest absolute Gasteiger partial charge is 0.356 e. The lowest BCUT2D eigenvalue weighted by Crippen LogP contribution is -2.42. The molecule has 2 aromatic carbocycles. The summed E-state index contributed by atoms with van der Waals surface area (Å²) in [5.41, 5.74) is 3.10. The molecule has 4 rings (SSSR count). The number of anilines is 3. The summed E-state index contributed by atoms with van der Waals surface area (Å²) < 4.78 is 10.4. The van der Waals surface area contributed by atoms with E-state index < -0.39 is 5.97 Å². The van der Waals surface area contributed by atoms with E-state index >= 15 is 0 Å². The minimum Gasteiger partial charge on any atom is -0.497 e. The highest BCUT2D eigenvalue weighted by atomic mass is 16.5. The van der Waals surface area contributed by atoms with Gasteiger partial charge in [-0.05, 0) is 74.7 Å². The molecule has 1 N–H and O–H groups in total. The van der Waals surface area contributed by atoms with Crippen LogP contribution in [0.5, 0.6) is 5.75 Å². The summed E-state index contributed by atoms with van der Waals surface area (Å²) in [6.45, 7) is 3.00. The van der Waals surface area contributed by atoms with E-state index in [0.717, 1.165) is 18.5 Å². The van der Waals surface area contributed by atoms with Gasteiger partial charge in [0.15, 0.2) is 0 Å². The van der Waals surface area contributed by atoms with Gasteiger partial charge < -0.3 is 24.6 Å². The molecule has 0 aliphatic carbocycles. The first kappa shape index (κ1) is 25.9. The maximum atomic E-state index is 13.8. The Labute approximate surface area is 216 Å². The van der Waals surface area contributed by atoms with E-state index in [9.17, 15) is 14.4 Å². The van der Waals surface area contributed by atoms with Gasteiger partial charge in [0.1, 0.15) is 17.2 Å². The van der Waals surface area contributed by atoms with E-state index in [2.05, 4.69) is 10.3 Å². The normalized spacial score (nSPS) is 16.7. The first-order valence-corrected chi connectivity index (χ1v) is 12.5. The Kier molecular flexibility index (Phi) is 8.22. The first-order valence-electron chi connectivity index (χ1n) is 12.5. The minimum absolute atomic E-state index is 0.122. The molecule has 2 aromatic rings. The van der Waals surface area contributed by atoms with Crippen molar-refractivity contribution in [3.63, 3.8) is 0 Å². The molecule has 0 atom stereocenters. The number of ether oxygens (including phenoxy) is 2. The molecule has 0 spiro atoms. The van der Waals surface area contributed by atoms with Crippen LogP contribution >= 0.6 is 0 Å². The van der Waals surface area contributed by atoms with Crippen LogP contribution in [0.15, 0.2) is 64.8 Å². The lowest BCUT2D eigenvalue weighted by molar-refractivity contribution is -0.135. The quantitative estimate of drug-likeness (QED) is 0.432. The van der Waals surface area contributed by atoms with Crippen LogP contribution < -0.4 is 19.9 Å². The highest BCUT2D eigenvalue weighted by Crippen LogP contribution is 2.30. The van der Waals surface area contributed by atoms with Crippen LogP contribution in [0.2, 0.25) is 0 Å². The second-order valence-electron chi connectivity index (χ2n) is 8.73. The molecule has 37 heavy (non-hydrogen) atoms.